The van der Waals surface area contributed by atoms with Crippen LogP contribution in [0.4, 0.5) is 19.0 Å². The van der Waals surface area contributed by atoms with Crippen molar-refractivity contribution >= 4 is 23.5 Å². The van der Waals surface area contributed by atoms with E-state index in [1.807, 2.05) is 0 Å². The quantitative estimate of drug-likeness (QED) is 0.446. The standard InChI is InChI=1S/C19H18F3N5O/c1-4-13(10-11-23-3)16-15(14-8-6-5-7-9-14)17(27-26-12(2)28)25-18(24-16)19(20,21)22/h4-11H,1H2,2-3H3,(H,26,28)(H,24,25,27)/b13-10+,23-11?. The van der Waals surface area contributed by atoms with Gasteiger partial charge in [0, 0.05) is 25.8 Å². The molecule has 9 heteroatoms. The second kappa shape index (κ2) is 8.94. The van der Waals surface area contributed by atoms with E-state index in [1.54, 1.807) is 30.3 Å². The number of alkyl halides is 3. The topological polar surface area (TPSA) is 79.3 Å². The van der Waals surface area contributed by atoms with Crippen molar-refractivity contribution in [3.8, 4) is 11.1 Å². The van der Waals surface area contributed by atoms with E-state index in [0.717, 1.165) is 0 Å². The molecule has 0 aliphatic heterocycles. The zero-order chi connectivity index (χ0) is 20.7. The maximum Gasteiger partial charge on any atom is 0.451 e. The van der Waals surface area contributed by atoms with Crippen LogP contribution in [-0.2, 0) is 11.0 Å². The van der Waals surface area contributed by atoms with Gasteiger partial charge in [0.05, 0.1) is 11.3 Å². The van der Waals surface area contributed by atoms with Crippen molar-refractivity contribution in [2.45, 2.75) is 13.1 Å². The van der Waals surface area contributed by atoms with Gasteiger partial charge in [-0.15, -0.1) is 0 Å². The molecule has 2 rings (SSSR count). The fraction of sp³-hybridized carbons (Fsp3) is 0.158. The summed E-state index contributed by atoms with van der Waals surface area (Å²) in [6.07, 6.45) is -0.507. The van der Waals surface area contributed by atoms with Crippen molar-refractivity contribution in [3.63, 3.8) is 0 Å². The molecule has 0 saturated heterocycles. The Hall–Kier alpha value is -3.49. The van der Waals surface area contributed by atoms with Crippen molar-refractivity contribution in [2.75, 3.05) is 12.5 Å². The van der Waals surface area contributed by atoms with Gasteiger partial charge in [-0.3, -0.25) is 20.6 Å². The minimum absolute atomic E-state index is 0.00345. The zero-order valence-electron chi connectivity index (χ0n) is 15.2. The first-order valence-electron chi connectivity index (χ1n) is 8.10. The number of halogens is 3. The van der Waals surface area contributed by atoms with Gasteiger partial charge < -0.3 is 0 Å². The van der Waals surface area contributed by atoms with Crippen LogP contribution in [-0.4, -0.2) is 29.1 Å². The molecule has 0 aliphatic carbocycles. The van der Waals surface area contributed by atoms with Crippen LogP contribution in [0.15, 0.2) is 54.1 Å². The summed E-state index contributed by atoms with van der Waals surface area (Å²) in [5.41, 5.74) is 5.85. The summed E-state index contributed by atoms with van der Waals surface area (Å²) in [6, 6.07) is 8.61. The first-order valence-corrected chi connectivity index (χ1v) is 8.10. The van der Waals surface area contributed by atoms with Gasteiger partial charge in [-0.05, 0) is 11.6 Å². The number of benzene rings is 1. The van der Waals surface area contributed by atoms with Crippen LogP contribution in [0.1, 0.15) is 18.4 Å². The average Bonchev–Trinajstić information content (AvgIpc) is 2.66. The number of allylic oxidation sites excluding steroid dienone is 3. The smallest absolute Gasteiger partial charge is 0.296 e. The summed E-state index contributed by atoms with van der Waals surface area (Å²) in [7, 11) is 1.53. The highest BCUT2D eigenvalue weighted by Crippen LogP contribution is 2.36. The number of hydrogen-bond donors (Lipinski definition) is 2. The van der Waals surface area contributed by atoms with Crippen LogP contribution in [0.3, 0.4) is 0 Å². The summed E-state index contributed by atoms with van der Waals surface area (Å²) in [4.78, 5) is 22.4. The van der Waals surface area contributed by atoms with E-state index in [0.29, 0.717) is 11.1 Å². The Kier molecular flexibility index (Phi) is 6.64. The van der Waals surface area contributed by atoms with E-state index >= 15 is 0 Å². The second-order valence-electron chi connectivity index (χ2n) is 5.52. The highest BCUT2D eigenvalue weighted by atomic mass is 19.4. The first-order chi connectivity index (χ1) is 13.3. The number of hydrogen-bond acceptors (Lipinski definition) is 5. The number of hydrazine groups is 1. The normalized spacial score (nSPS) is 12.1. The van der Waals surface area contributed by atoms with Crippen LogP contribution in [0.2, 0.25) is 0 Å². The van der Waals surface area contributed by atoms with E-state index in [4.69, 9.17) is 0 Å². The summed E-state index contributed by atoms with van der Waals surface area (Å²) >= 11 is 0. The Morgan fingerprint density at radius 3 is 2.43 bits per heavy atom. The monoisotopic (exact) mass is 389 g/mol. The molecule has 0 fully saturated rings. The fourth-order valence-electron chi connectivity index (χ4n) is 2.31. The third-order valence-corrected chi connectivity index (χ3v) is 3.48. The van der Waals surface area contributed by atoms with Crippen molar-refractivity contribution in [2.24, 2.45) is 4.99 Å². The van der Waals surface area contributed by atoms with Crippen LogP contribution in [0.5, 0.6) is 0 Å². The number of carbonyl (C=O) groups excluding carboxylic acids is 1. The number of rotatable bonds is 6. The average molecular weight is 389 g/mol. The largest absolute Gasteiger partial charge is 0.451 e. The maximum atomic E-state index is 13.4. The van der Waals surface area contributed by atoms with Crippen molar-refractivity contribution in [3.05, 3.63) is 60.6 Å². The molecule has 0 saturated carbocycles. The Morgan fingerprint density at radius 2 is 1.89 bits per heavy atom. The van der Waals surface area contributed by atoms with Crippen LogP contribution in [0, 0.1) is 0 Å². The van der Waals surface area contributed by atoms with Crippen molar-refractivity contribution in [1.82, 2.24) is 15.4 Å². The highest BCUT2D eigenvalue weighted by Gasteiger charge is 2.37. The number of aliphatic imine (C=N–C) groups is 1. The summed E-state index contributed by atoms with van der Waals surface area (Å²) in [5, 5.41) is 0. The fourth-order valence-corrected chi connectivity index (χ4v) is 2.31. The number of aromatic nitrogens is 2. The summed E-state index contributed by atoms with van der Waals surface area (Å²) in [6.45, 7) is 4.88. The zero-order valence-corrected chi connectivity index (χ0v) is 15.2. The predicted molar refractivity (Wildman–Crippen MR) is 102 cm³/mol. The molecule has 2 aromatic rings. The Balaban J connectivity index is 2.86. The van der Waals surface area contributed by atoms with Gasteiger partial charge in [0.1, 0.15) is 0 Å². The maximum absolute atomic E-state index is 13.4. The molecule has 0 atom stereocenters. The molecular weight excluding hydrogens is 371 g/mol. The molecule has 1 heterocycles. The number of amides is 1. The number of anilines is 1. The number of nitrogens with zero attached hydrogens (tertiary/aromatic N) is 3. The van der Waals surface area contributed by atoms with Gasteiger partial charge in [0.2, 0.25) is 11.7 Å². The number of carbonyl (C=O) groups is 1. The molecule has 1 aromatic heterocycles. The minimum atomic E-state index is -4.79. The van der Waals surface area contributed by atoms with E-state index in [1.165, 1.54) is 32.3 Å². The lowest BCUT2D eigenvalue weighted by Gasteiger charge is -2.18. The van der Waals surface area contributed by atoms with E-state index < -0.39 is 17.9 Å². The third-order valence-electron chi connectivity index (χ3n) is 3.48. The Labute approximate surface area is 159 Å². The molecule has 0 aliphatic rings. The lowest BCUT2D eigenvalue weighted by Crippen LogP contribution is -2.28. The molecule has 0 unspecified atom stereocenters. The van der Waals surface area contributed by atoms with E-state index in [9.17, 15) is 18.0 Å². The molecule has 1 aromatic carbocycles. The molecule has 0 bridgehead atoms. The molecule has 0 radical (unpaired) electrons. The molecule has 0 spiro atoms. The molecule has 146 valence electrons. The molecule has 1 amide bonds. The SMILES string of the molecule is C=C/C(=C\C=NC)c1nc(C(F)(F)F)nc(NNC(C)=O)c1-c1ccccc1. The van der Waals surface area contributed by atoms with E-state index in [2.05, 4.69) is 32.4 Å². The van der Waals surface area contributed by atoms with Gasteiger partial charge in [-0.2, -0.15) is 13.2 Å². The summed E-state index contributed by atoms with van der Waals surface area (Å²) < 4.78 is 40.2. The lowest BCUT2D eigenvalue weighted by molar-refractivity contribution is -0.144. The van der Waals surface area contributed by atoms with Gasteiger partial charge in [-0.1, -0.05) is 43.0 Å². The van der Waals surface area contributed by atoms with Crippen LogP contribution < -0.4 is 10.9 Å². The van der Waals surface area contributed by atoms with Gasteiger partial charge >= 0.3 is 6.18 Å². The lowest BCUT2D eigenvalue weighted by atomic mass is 9.99. The number of nitrogens with one attached hydrogen (secondary N) is 2. The highest BCUT2D eigenvalue weighted by molar-refractivity contribution is 5.94. The van der Waals surface area contributed by atoms with Gasteiger partial charge in [0.25, 0.3) is 0 Å². The van der Waals surface area contributed by atoms with Gasteiger partial charge in [0.15, 0.2) is 5.82 Å². The molecule has 6 nitrogen and oxygen atoms in total. The van der Waals surface area contributed by atoms with Gasteiger partial charge in [-0.25, -0.2) is 9.97 Å². The Morgan fingerprint density at radius 1 is 1.21 bits per heavy atom. The predicted octanol–water partition coefficient (Wildman–Crippen LogP) is 3.90. The van der Waals surface area contributed by atoms with E-state index in [-0.39, 0.29) is 17.1 Å². The molecule has 28 heavy (non-hydrogen) atoms. The second-order valence-corrected chi connectivity index (χ2v) is 5.52. The third kappa shape index (κ3) is 5.03. The van der Waals surface area contributed by atoms with Crippen molar-refractivity contribution in [1.29, 1.82) is 0 Å². The Bertz CT molecular complexity index is 921. The van der Waals surface area contributed by atoms with Crippen LogP contribution in [0.25, 0.3) is 16.7 Å². The molecule has 2 N–H and O–H groups in total. The molecular formula is C19H18F3N5O. The summed E-state index contributed by atoms with van der Waals surface area (Å²) in [5.74, 6) is -2.04. The first kappa shape index (κ1) is 20.8. The van der Waals surface area contributed by atoms with Crippen LogP contribution >= 0.6 is 0 Å². The van der Waals surface area contributed by atoms with Crippen molar-refractivity contribution < 1.29 is 18.0 Å². The minimum Gasteiger partial charge on any atom is -0.296 e.